The van der Waals surface area contributed by atoms with Gasteiger partial charge in [0.1, 0.15) is 0 Å². The minimum absolute atomic E-state index is 0.00143. The molecule has 0 unspecified atom stereocenters. The second-order valence-corrected chi connectivity index (χ2v) is 6.89. The summed E-state index contributed by atoms with van der Waals surface area (Å²) in [4.78, 5) is 11.9. The maximum Gasteiger partial charge on any atom is 0.251 e. The van der Waals surface area contributed by atoms with E-state index in [9.17, 15) is 13.2 Å². The number of hydrogen-bond acceptors (Lipinski definition) is 3. The fourth-order valence-electron chi connectivity index (χ4n) is 1.82. The van der Waals surface area contributed by atoms with Gasteiger partial charge in [-0.1, -0.05) is 26.0 Å². The number of nitrogens with one attached hydrogen (secondary N) is 1. The maximum atomic E-state index is 11.9. The van der Waals surface area contributed by atoms with Crippen LogP contribution in [0.3, 0.4) is 0 Å². The van der Waals surface area contributed by atoms with E-state index in [1.54, 1.807) is 24.3 Å². The molecule has 0 saturated carbocycles. The van der Waals surface area contributed by atoms with E-state index in [0.717, 1.165) is 12.8 Å². The molecule has 1 rings (SSSR count). The van der Waals surface area contributed by atoms with Gasteiger partial charge in [-0.15, -0.1) is 0 Å². The maximum absolute atomic E-state index is 11.9. The van der Waals surface area contributed by atoms with E-state index in [1.807, 2.05) is 13.8 Å². The number of carbonyl (C=O) groups is 1. The van der Waals surface area contributed by atoms with E-state index in [4.69, 9.17) is 0 Å². The Kier molecular flexibility index (Phi) is 5.54. The van der Waals surface area contributed by atoms with Crippen molar-refractivity contribution in [2.45, 2.75) is 38.5 Å². The third kappa shape index (κ3) is 5.42. The predicted octanol–water partition coefficient (Wildman–Crippen LogP) is 2.15. The minimum Gasteiger partial charge on any atom is -0.349 e. The Morgan fingerprint density at radius 1 is 1.16 bits per heavy atom. The molecule has 1 N–H and O–H groups in total. The highest BCUT2D eigenvalue weighted by Crippen LogP contribution is 2.08. The minimum atomic E-state index is -3.04. The van der Waals surface area contributed by atoms with Gasteiger partial charge < -0.3 is 5.32 Å². The summed E-state index contributed by atoms with van der Waals surface area (Å²) >= 11 is 0. The van der Waals surface area contributed by atoms with Gasteiger partial charge in [0.25, 0.3) is 5.91 Å². The van der Waals surface area contributed by atoms with Crippen molar-refractivity contribution >= 4 is 15.7 Å². The Bertz CT molecular complexity index is 516. The molecule has 1 aromatic carbocycles. The van der Waals surface area contributed by atoms with Crippen LogP contribution in [-0.2, 0) is 15.6 Å². The Balaban J connectivity index is 2.73. The quantitative estimate of drug-likeness (QED) is 0.870. The van der Waals surface area contributed by atoms with Crippen LogP contribution in [0, 0.1) is 0 Å². The zero-order valence-corrected chi connectivity index (χ0v) is 12.5. The summed E-state index contributed by atoms with van der Waals surface area (Å²) in [5.41, 5.74) is 1.26. The summed E-state index contributed by atoms with van der Waals surface area (Å²) in [7, 11) is -3.04. The Morgan fingerprint density at radius 3 is 2.11 bits per heavy atom. The van der Waals surface area contributed by atoms with Crippen molar-refractivity contribution in [1.82, 2.24) is 5.32 Å². The largest absolute Gasteiger partial charge is 0.349 e. The van der Waals surface area contributed by atoms with E-state index >= 15 is 0 Å². The Labute approximate surface area is 115 Å². The number of hydrogen-bond donors (Lipinski definition) is 1. The SMILES string of the molecule is CCC(CC)NC(=O)c1ccc(CS(C)(=O)=O)cc1. The molecule has 0 radical (unpaired) electrons. The third-order valence-electron chi connectivity index (χ3n) is 2.97. The summed E-state index contributed by atoms with van der Waals surface area (Å²) in [5.74, 6) is -0.110. The van der Waals surface area contributed by atoms with Crippen molar-refractivity contribution in [3.63, 3.8) is 0 Å². The Hall–Kier alpha value is -1.36. The van der Waals surface area contributed by atoms with E-state index in [0.29, 0.717) is 11.1 Å². The first-order valence-electron chi connectivity index (χ1n) is 6.43. The van der Waals surface area contributed by atoms with E-state index < -0.39 is 9.84 Å². The molecule has 1 amide bonds. The summed E-state index contributed by atoms with van der Waals surface area (Å²) in [6, 6.07) is 6.88. The fraction of sp³-hybridized carbons (Fsp3) is 0.500. The molecule has 0 saturated heterocycles. The molecule has 0 spiro atoms. The molecule has 0 bridgehead atoms. The van der Waals surface area contributed by atoms with Crippen LogP contribution in [0.4, 0.5) is 0 Å². The van der Waals surface area contributed by atoms with Crippen LogP contribution in [0.5, 0.6) is 0 Å². The molecule has 0 aromatic heterocycles. The van der Waals surface area contributed by atoms with Crippen LogP contribution in [-0.4, -0.2) is 26.6 Å². The number of sulfone groups is 1. The molecular formula is C14H21NO3S. The highest BCUT2D eigenvalue weighted by molar-refractivity contribution is 7.89. The first kappa shape index (κ1) is 15.7. The molecule has 0 atom stereocenters. The standard InChI is InChI=1S/C14H21NO3S/c1-4-13(5-2)15-14(16)12-8-6-11(7-9-12)10-19(3,17)18/h6-9,13H,4-5,10H2,1-3H3,(H,15,16). The lowest BCUT2D eigenvalue weighted by Crippen LogP contribution is -2.33. The van der Waals surface area contributed by atoms with Gasteiger partial charge in [-0.3, -0.25) is 4.79 Å². The average Bonchev–Trinajstić information content (AvgIpc) is 2.34. The number of rotatable bonds is 6. The molecule has 4 nitrogen and oxygen atoms in total. The first-order valence-corrected chi connectivity index (χ1v) is 8.49. The highest BCUT2D eigenvalue weighted by Gasteiger charge is 2.11. The van der Waals surface area contributed by atoms with Crippen molar-refractivity contribution in [1.29, 1.82) is 0 Å². The van der Waals surface area contributed by atoms with Crippen LogP contribution in [0.1, 0.15) is 42.6 Å². The van der Waals surface area contributed by atoms with Gasteiger partial charge in [0.15, 0.2) is 9.84 Å². The monoisotopic (exact) mass is 283 g/mol. The molecular weight excluding hydrogens is 262 g/mol. The average molecular weight is 283 g/mol. The van der Waals surface area contributed by atoms with Crippen LogP contribution < -0.4 is 5.32 Å². The number of carbonyl (C=O) groups excluding carboxylic acids is 1. The highest BCUT2D eigenvalue weighted by atomic mass is 32.2. The number of benzene rings is 1. The fourth-order valence-corrected chi connectivity index (χ4v) is 2.61. The zero-order chi connectivity index (χ0) is 14.5. The van der Waals surface area contributed by atoms with E-state index in [1.165, 1.54) is 6.26 Å². The summed E-state index contributed by atoms with van der Waals surface area (Å²) in [6.07, 6.45) is 2.99. The second kappa shape index (κ2) is 6.70. The Morgan fingerprint density at radius 2 is 1.68 bits per heavy atom. The molecule has 0 aliphatic heterocycles. The molecule has 1 aromatic rings. The lowest BCUT2D eigenvalue weighted by atomic mass is 10.1. The van der Waals surface area contributed by atoms with Gasteiger partial charge in [-0.25, -0.2) is 8.42 Å². The van der Waals surface area contributed by atoms with Gasteiger partial charge in [0.2, 0.25) is 0 Å². The van der Waals surface area contributed by atoms with E-state index in [-0.39, 0.29) is 17.7 Å². The van der Waals surface area contributed by atoms with Gasteiger partial charge in [0, 0.05) is 17.9 Å². The normalized spacial score (nSPS) is 11.6. The molecule has 0 heterocycles. The molecule has 106 valence electrons. The molecule has 0 aliphatic carbocycles. The van der Waals surface area contributed by atoms with Gasteiger partial charge >= 0.3 is 0 Å². The first-order chi connectivity index (χ1) is 8.85. The van der Waals surface area contributed by atoms with Crippen LogP contribution in [0.15, 0.2) is 24.3 Å². The lowest BCUT2D eigenvalue weighted by molar-refractivity contribution is 0.0935. The van der Waals surface area contributed by atoms with Crippen molar-refractivity contribution in [3.05, 3.63) is 35.4 Å². The van der Waals surface area contributed by atoms with Gasteiger partial charge in [0.05, 0.1) is 5.75 Å². The second-order valence-electron chi connectivity index (χ2n) is 4.75. The number of amides is 1. The van der Waals surface area contributed by atoms with Crippen molar-refractivity contribution in [3.8, 4) is 0 Å². The molecule has 0 fully saturated rings. The lowest BCUT2D eigenvalue weighted by Gasteiger charge is -2.14. The van der Waals surface area contributed by atoms with Crippen LogP contribution in [0.25, 0.3) is 0 Å². The summed E-state index contributed by atoms with van der Waals surface area (Å²) in [5, 5.41) is 2.94. The summed E-state index contributed by atoms with van der Waals surface area (Å²) < 4.78 is 22.3. The smallest absolute Gasteiger partial charge is 0.251 e. The van der Waals surface area contributed by atoms with Crippen LogP contribution >= 0.6 is 0 Å². The predicted molar refractivity (Wildman–Crippen MR) is 76.8 cm³/mol. The molecule has 5 heteroatoms. The van der Waals surface area contributed by atoms with Crippen molar-refractivity contribution < 1.29 is 13.2 Å². The van der Waals surface area contributed by atoms with Gasteiger partial charge in [-0.2, -0.15) is 0 Å². The van der Waals surface area contributed by atoms with Crippen molar-refractivity contribution in [2.75, 3.05) is 6.26 Å². The topological polar surface area (TPSA) is 63.2 Å². The molecule has 0 aliphatic rings. The van der Waals surface area contributed by atoms with E-state index in [2.05, 4.69) is 5.32 Å². The van der Waals surface area contributed by atoms with Gasteiger partial charge in [-0.05, 0) is 30.5 Å². The summed E-state index contributed by atoms with van der Waals surface area (Å²) in [6.45, 7) is 4.06. The van der Waals surface area contributed by atoms with Crippen molar-refractivity contribution in [2.24, 2.45) is 0 Å². The molecule has 19 heavy (non-hydrogen) atoms. The third-order valence-corrected chi connectivity index (χ3v) is 3.82. The van der Waals surface area contributed by atoms with Crippen LogP contribution in [0.2, 0.25) is 0 Å². The zero-order valence-electron chi connectivity index (χ0n) is 11.6.